The Balaban J connectivity index is 1.95. The van der Waals surface area contributed by atoms with Crippen LogP contribution in [0.25, 0.3) is 33.3 Å². The maximum Gasteiger partial charge on any atom is 0.138 e. The summed E-state index contributed by atoms with van der Waals surface area (Å²) >= 11 is 3.44. The van der Waals surface area contributed by atoms with E-state index >= 15 is 0 Å². The Morgan fingerprint density at radius 2 is 1.89 bits per heavy atom. The van der Waals surface area contributed by atoms with Gasteiger partial charge in [0.2, 0.25) is 0 Å². The number of hydrogen-bond acceptors (Lipinski definition) is 2. The number of rotatable bonds is 1. The Hall–Kier alpha value is -2.14. The molecule has 0 aliphatic rings. The first kappa shape index (κ1) is 10.8. The van der Waals surface area contributed by atoms with Crippen LogP contribution in [0.2, 0.25) is 0 Å². The van der Waals surface area contributed by atoms with Crippen molar-refractivity contribution in [2.45, 2.75) is 0 Å². The topological polar surface area (TPSA) is 57.4 Å². The van der Waals surface area contributed by atoms with E-state index in [1.807, 2.05) is 36.4 Å². The van der Waals surface area contributed by atoms with Gasteiger partial charge >= 0.3 is 0 Å². The number of H-pyrrole nitrogens is 2. The Kier molecular flexibility index (Phi) is 2.22. The number of hydrogen-bond donors (Lipinski definition) is 2. The van der Waals surface area contributed by atoms with Crippen LogP contribution >= 0.6 is 15.9 Å². The highest BCUT2D eigenvalue weighted by Gasteiger charge is 2.08. The average Bonchev–Trinajstić information content (AvgIpc) is 3.02. The summed E-state index contributed by atoms with van der Waals surface area (Å²) in [7, 11) is 0. The van der Waals surface area contributed by atoms with Crippen LogP contribution < -0.4 is 0 Å². The van der Waals surface area contributed by atoms with E-state index in [1.54, 1.807) is 0 Å². The molecule has 0 saturated carbocycles. The standard InChI is InChI=1S/C14H9BrN4/c15-13-9-7-8(5-6-10(9)18-19-13)14-16-11-3-1-2-4-12(11)17-14/h1-7H,(H,16,17)(H,18,19). The first-order valence-corrected chi connectivity index (χ1v) is 6.69. The fraction of sp³-hybridized carbons (Fsp3) is 0. The number of nitrogens with one attached hydrogen (secondary N) is 2. The fourth-order valence-corrected chi connectivity index (χ4v) is 2.64. The van der Waals surface area contributed by atoms with Gasteiger partial charge in [0.15, 0.2) is 0 Å². The van der Waals surface area contributed by atoms with Crippen molar-refractivity contribution in [3.05, 3.63) is 47.1 Å². The third kappa shape index (κ3) is 1.66. The highest BCUT2D eigenvalue weighted by Crippen LogP contribution is 2.27. The van der Waals surface area contributed by atoms with Crippen LogP contribution in [0.4, 0.5) is 0 Å². The van der Waals surface area contributed by atoms with Crippen molar-refractivity contribution in [2.24, 2.45) is 0 Å². The molecule has 2 aromatic heterocycles. The first-order valence-electron chi connectivity index (χ1n) is 5.90. The highest BCUT2D eigenvalue weighted by atomic mass is 79.9. The summed E-state index contributed by atoms with van der Waals surface area (Å²) in [5.74, 6) is 0.871. The lowest BCUT2D eigenvalue weighted by atomic mass is 10.1. The average molecular weight is 313 g/mol. The van der Waals surface area contributed by atoms with Crippen LogP contribution in [0.1, 0.15) is 0 Å². The highest BCUT2D eigenvalue weighted by molar-refractivity contribution is 9.10. The van der Waals surface area contributed by atoms with Crippen LogP contribution in [-0.4, -0.2) is 20.2 Å². The second-order valence-corrected chi connectivity index (χ2v) is 5.13. The number of aromatic amines is 2. The van der Waals surface area contributed by atoms with E-state index in [2.05, 4.69) is 42.2 Å². The molecule has 0 saturated heterocycles. The second-order valence-electron chi connectivity index (χ2n) is 4.38. The predicted octanol–water partition coefficient (Wildman–Crippen LogP) is 3.87. The molecule has 0 aliphatic carbocycles. The lowest BCUT2D eigenvalue weighted by Crippen LogP contribution is -1.80. The van der Waals surface area contributed by atoms with E-state index < -0.39 is 0 Å². The summed E-state index contributed by atoms with van der Waals surface area (Å²) in [5, 5.41) is 8.15. The van der Waals surface area contributed by atoms with Gasteiger partial charge in [0.05, 0.1) is 16.6 Å². The first-order chi connectivity index (χ1) is 9.31. The fourth-order valence-electron chi connectivity index (χ4n) is 2.22. The van der Waals surface area contributed by atoms with Gasteiger partial charge in [0.1, 0.15) is 10.4 Å². The third-order valence-corrected chi connectivity index (χ3v) is 3.78. The summed E-state index contributed by atoms with van der Waals surface area (Å²) in [4.78, 5) is 7.93. The molecule has 2 N–H and O–H groups in total. The number of nitrogens with zero attached hydrogens (tertiary/aromatic N) is 2. The van der Waals surface area contributed by atoms with E-state index in [-0.39, 0.29) is 0 Å². The van der Waals surface area contributed by atoms with Crippen LogP contribution in [0.3, 0.4) is 0 Å². The van der Waals surface area contributed by atoms with Gasteiger partial charge in [-0.25, -0.2) is 4.98 Å². The lowest BCUT2D eigenvalue weighted by Gasteiger charge is -1.96. The number of aromatic nitrogens is 4. The summed E-state index contributed by atoms with van der Waals surface area (Å²) in [6.45, 7) is 0. The number of benzene rings is 2. The molecule has 2 aromatic carbocycles. The van der Waals surface area contributed by atoms with Gasteiger partial charge in [-0.1, -0.05) is 12.1 Å². The van der Waals surface area contributed by atoms with Gasteiger partial charge in [-0.2, -0.15) is 5.10 Å². The van der Waals surface area contributed by atoms with Crippen LogP contribution in [0.5, 0.6) is 0 Å². The summed E-state index contributed by atoms with van der Waals surface area (Å²) in [6, 6.07) is 14.1. The van der Waals surface area contributed by atoms with E-state index in [4.69, 9.17) is 0 Å². The van der Waals surface area contributed by atoms with Crippen molar-refractivity contribution in [1.82, 2.24) is 20.2 Å². The Labute approximate surface area is 117 Å². The number of fused-ring (bicyclic) bond motifs is 2. The molecule has 0 fully saturated rings. The number of para-hydroxylation sites is 2. The second kappa shape index (κ2) is 3.93. The normalized spacial score (nSPS) is 11.4. The van der Waals surface area contributed by atoms with E-state index in [1.165, 1.54) is 0 Å². The zero-order valence-corrected chi connectivity index (χ0v) is 11.4. The minimum atomic E-state index is 0.820. The molecule has 0 spiro atoms. The maximum atomic E-state index is 4.60. The number of halogens is 1. The molecule has 0 unspecified atom stereocenters. The Morgan fingerprint density at radius 3 is 2.79 bits per heavy atom. The Morgan fingerprint density at radius 1 is 1.00 bits per heavy atom. The lowest BCUT2D eigenvalue weighted by molar-refractivity contribution is 1.10. The third-order valence-electron chi connectivity index (χ3n) is 3.18. The van der Waals surface area contributed by atoms with Crippen molar-refractivity contribution in [3.63, 3.8) is 0 Å². The zero-order valence-electron chi connectivity index (χ0n) is 9.81. The molecule has 0 atom stereocenters. The Bertz CT molecular complexity index is 858. The molecule has 4 rings (SSSR count). The minimum absolute atomic E-state index is 0.820. The molecule has 2 heterocycles. The predicted molar refractivity (Wildman–Crippen MR) is 78.9 cm³/mol. The molecule has 0 bridgehead atoms. The van der Waals surface area contributed by atoms with Gasteiger partial charge in [-0.05, 0) is 46.3 Å². The van der Waals surface area contributed by atoms with Gasteiger partial charge in [0, 0.05) is 10.9 Å². The van der Waals surface area contributed by atoms with Crippen molar-refractivity contribution in [3.8, 4) is 11.4 Å². The van der Waals surface area contributed by atoms with Crippen LogP contribution in [0.15, 0.2) is 47.1 Å². The van der Waals surface area contributed by atoms with Crippen molar-refractivity contribution >= 4 is 37.9 Å². The molecule has 0 amide bonds. The van der Waals surface area contributed by atoms with E-state index in [0.717, 1.165) is 37.9 Å². The molecule has 5 heteroatoms. The molecule has 0 aliphatic heterocycles. The molecular formula is C14H9BrN4. The molecule has 92 valence electrons. The van der Waals surface area contributed by atoms with Crippen LogP contribution in [0, 0.1) is 0 Å². The zero-order chi connectivity index (χ0) is 12.8. The largest absolute Gasteiger partial charge is 0.338 e. The molecular weight excluding hydrogens is 304 g/mol. The van der Waals surface area contributed by atoms with Gasteiger partial charge in [0.25, 0.3) is 0 Å². The van der Waals surface area contributed by atoms with Crippen LogP contribution in [-0.2, 0) is 0 Å². The monoisotopic (exact) mass is 312 g/mol. The summed E-state index contributed by atoms with van der Waals surface area (Å²) < 4.78 is 0.820. The summed E-state index contributed by atoms with van der Waals surface area (Å²) in [6.07, 6.45) is 0. The quantitative estimate of drug-likeness (QED) is 0.560. The van der Waals surface area contributed by atoms with Crippen molar-refractivity contribution in [1.29, 1.82) is 0 Å². The van der Waals surface area contributed by atoms with E-state index in [0.29, 0.717) is 0 Å². The molecule has 0 radical (unpaired) electrons. The van der Waals surface area contributed by atoms with Crippen molar-refractivity contribution in [2.75, 3.05) is 0 Å². The van der Waals surface area contributed by atoms with E-state index in [9.17, 15) is 0 Å². The SMILES string of the molecule is Brc1n[nH]c2ccc(-c3nc4ccccc4[nH]3)cc12. The smallest absolute Gasteiger partial charge is 0.138 e. The summed E-state index contributed by atoms with van der Waals surface area (Å²) in [5.41, 5.74) is 4.07. The number of imidazole rings is 1. The van der Waals surface area contributed by atoms with Gasteiger partial charge in [-0.15, -0.1) is 0 Å². The van der Waals surface area contributed by atoms with Gasteiger partial charge in [-0.3, -0.25) is 5.10 Å². The van der Waals surface area contributed by atoms with Gasteiger partial charge < -0.3 is 4.98 Å². The maximum absolute atomic E-state index is 4.60. The molecule has 4 aromatic rings. The minimum Gasteiger partial charge on any atom is -0.338 e. The van der Waals surface area contributed by atoms with Crippen molar-refractivity contribution < 1.29 is 0 Å². The molecule has 4 nitrogen and oxygen atoms in total. The molecule has 19 heavy (non-hydrogen) atoms.